The summed E-state index contributed by atoms with van der Waals surface area (Å²) in [5.41, 5.74) is 4.75. The Morgan fingerprint density at radius 2 is 1.69 bits per heavy atom. The van der Waals surface area contributed by atoms with Crippen LogP contribution in [0.2, 0.25) is 0 Å². The lowest BCUT2D eigenvalue weighted by Gasteiger charge is -2.41. The first-order valence-electron chi connectivity index (χ1n) is 12.1. The van der Waals surface area contributed by atoms with Crippen molar-refractivity contribution in [1.82, 2.24) is 4.90 Å². The number of amides is 1. The molecule has 0 spiro atoms. The number of para-hydroxylation sites is 1. The fourth-order valence-electron chi connectivity index (χ4n) is 5.54. The molecule has 1 aliphatic carbocycles. The van der Waals surface area contributed by atoms with Gasteiger partial charge in [0.1, 0.15) is 0 Å². The normalized spacial score (nSPS) is 23.4. The van der Waals surface area contributed by atoms with E-state index in [9.17, 15) is 4.79 Å². The smallest absolute Gasteiger partial charge is 0.230 e. The molecule has 3 fully saturated rings. The average Bonchev–Trinajstić information content (AvgIpc) is 3.15. The van der Waals surface area contributed by atoms with Crippen molar-refractivity contribution < 1.29 is 9.53 Å². The van der Waals surface area contributed by atoms with Crippen LogP contribution in [0, 0.1) is 5.92 Å². The summed E-state index contributed by atoms with van der Waals surface area (Å²) in [6.07, 6.45) is 5.13. The van der Waals surface area contributed by atoms with E-state index >= 15 is 0 Å². The third kappa shape index (κ3) is 3.93. The molecule has 32 heavy (non-hydrogen) atoms. The Morgan fingerprint density at radius 3 is 2.34 bits per heavy atom. The van der Waals surface area contributed by atoms with Crippen LogP contribution in [0.3, 0.4) is 0 Å². The van der Waals surface area contributed by atoms with Gasteiger partial charge in [-0.05, 0) is 68.5 Å². The van der Waals surface area contributed by atoms with Crippen LogP contribution in [0.4, 0.5) is 11.4 Å². The lowest BCUT2D eigenvalue weighted by Crippen LogP contribution is -2.44. The van der Waals surface area contributed by atoms with E-state index in [0.717, 1.165) is 64.1 Å². The van der Waals surface area contributed by atoms with Gasteiger partial charge in [0.2, 0.25) is 5.91 Å². The monoisotopic (exact) mass is 433 g/mol. The van der Waals surface area contributed by atoms with Gasteiger partial charge in [0.25, 0.3) is 0 Å². The molecule has 0 aromatic heterocycles. The van der Waals surface area contributed by atoms with Gasteiger partial charge in [0, 0.05) is 57.1 Å². The SMILES string of the molecule is COC1(c2ccc(N3CCC(Cc4ccccc4N4CCN(C)CC4)C3=O)cc2)CCC1. The quantitative estimate of drug-likeness (QED) is 0.688. The molecule has 0 radical (unpaired) electrons. The molecular formula is C27H35N3O2. The summed E-state index contributed by atoms with van der Waals surface area (Å²) in [7, 11) is 3.99. The number of rotatable bonds is 6. The second-order valence-electron chi connectivity index (χ2n) is 9.70. The van der Waals surface area contributed by atoms with Crippen molar-refractivity contribution in [2.45, 2.75) is 37.7 Å². The largest absolute Gasteiger partial charge is 0.374 e. The molecule has 5 rings (SSSR count). The summed E-state index contributed by atoms with van der Waals surface area (Å²) in [6.45, 7) is 5.08. The highest BCUT2D eigenvalue weighted by Gasteiger charge is 2.39. The lowest BCUT2D eigenvalue weighted by molar-refractivity contribution is -0.120. The third-order valence-electron chi connectivity index (χ3n) is 7.88. The molecule has 170 valence electrons. The van der Waals surface area contributed by atoms with E-state index in [0.29, 0.717) is 0 Å². The molecule has 2 aromatic carbocycles. The average molecular weight is 434 g/mol. The first-order valence-corrected chi connectivity index (χ1v) is 12.1. The number of benzene rings is 2. The summed E-state index contributed by atoms with van der Waals surface area (Å²) in [5.74, 6) is 0.316. The van der Waals surface area contributed by atoms with Gasteiger partial charge < -0.3 is 19.4 Å². The molecule has 1 saturated carbocycles. The van der Waals surface area contributed by atoms with E-state index in [-0.39, 0.29) is 17.4 Å². The van der Waals surface area contributed by atoms with Gasteiger partial charge in [-0.15, -0.1) is 0 Å². The molecule has 0 bridgehead atoms. The standard InChI is InChI=1S/C27H35N3O2/c1-28-16-18-29(19-17-28)25-7-4-3-6-21(25)20-22-12-15-30(26(22)31)24-10-8-23(9-11-24)27(32-2)13-5-14-27/h3-4,6-11,22H,5,12-20H2,1-2H3. The number of piperazine rings is 1. The van der Waals surface area contributed by atoms with Crippen molar-refractivity contribution in [2.24, 2.45) is 5.92 Å². The highest BCUT2D eigenvalue weighted by Crippen LogP contribution is 2.44. The fraction of sp³-hybridized carbons (Fsp3) is 0.519. The van der Waals surface area contributed by atoms with Gasteiger partial charge in [-0.2, -0.15) is 0 Å². The first kappa shape index (κ1) is 21.5. The van der Waals surface area contributed by atoms with E-state index in [1.54, 1.807) is 0 Å². The van der Waals surface area contributed by atoms with Gasteiger partial charge in [-0.1, -0.05) is 30.3 Å². The molecular weight excluding hydrogens is 398 g/mol. The zero-order chi connectivity index (χ0) is 22.1. The number of hydrogen-bond donors (Lipinski definition) is 0. The van der Waals surface area contributed by atoms with E-state index in [1.165, 1.54) is 23.2 Å². The van der Waals surface area contributed by atoms with Crippen molar-refractivity contribution >= 4 is 17.3 Å². The van der Waals surface area contributed by atoms with Gasteiger partial charge in [0.15, 0.2) is 0 Å². The van der Waals surface area contributed by atoms with E-state index in [1.807, 2.05) is 12.0 Å². The van der Waals surface area contributed by atoms with Crippen molar-refractivity contribution in [3.05, 3.63) is 59.7 Å². The minimum absolute atomic E-state index is 0.0558. The zero-order valence-corrected chi connectivity index (χ0v) is 19.4. The van der Waals surface area contributed by atoms with Gasteiger partial charge in [-0.25, -0.2) is 0 Å². The molecule has 2 aromatic rings. The van der Waals surface area contributed by atoms with E-state index < -0.39 is 0 Å². The van der Waals surface area contributed by atoms with Crippen LogP contribution in [0.5, 0.6) is 0 Å². The maximum absolute atomic E-state index is 13.3. The molecule has 2 saturated heterocycles. The molecule has 2 aliphatic heterocycles. The molecule has 0 N–H and O–H groups in total. The highest BCUT2D eigenvalue weighted by atomic mass is 16.5. The third-order valence-corrected chi connectivity index (χ3v) is 7.88. The topological polar surface area (TPSA) is 36.0 Å². The van der Waals surface area contributed by atoms with Crippen LogP contribution in [0.15, 0.2) is 48.5 Å². The fourth-order valence-corrected chi connectivity index (χ4v) is 5.54. The Hall–Kier alpha value is -2.37. The molecule has 2 heterocycles. The lowest BCUT2D eigenvalue weighted by atomic mass is 9.75. The number of hydrogen-bond acceptors (Lipinski definition) is 4. The summed E-state index contributed by atoms with van der Waals surface area (Å²) in [4.78, 5) is 20.2. The number of carbonyl (C=O) groups is 1. The first-order chi connectivity index (χ1) is 15.6. The van der Waals surface area contributed by atoms with Crippen LogP contribution >= 0.6 is 0 Å². The maximum Gasteiger partial charge on any atom is 0.230 e. The van der Waals surface area contributed by atoms with Crippen LogP contribution in [0.25, 0.3) is 0 Å². The van der Waals surface area contributed by atoms with Crippen LogP contribution in [0.1, 0.15) is 36.8 Å². The van der Waals surface area contributed by atoms with Crippen molar-refractivity contribution in [1.29, 1.82) is 0 Å². The molecule has 5 heteroatoms. The Bertz CT molecular complexity index is 940. The molecule has 5 nitrogen and oxygen atoms in total. The molecule has 1 unspecified atom stereocenters. The Morgan fingerprint density at radius 1 is 0.969 bits per heavy atom. The number of likely N-dealkylation sites (N-methyl/N-ethyl adjacent to an activating group) is 1. The maximum atomic E-state index is 13.3. The highest BCUT2D eigenvalue weighted by molar-refractivity contribution is 5.97. The van der Waals surface area contributed by atoms with Gasteiger partial charge in [-0.3, -0.25) is 4.79 Å². The van der Waals surface area contributed by atoms with Gasteiger partial charge >= 0.3 is 0 Å². The van der Waals surface area contributed by atoms with Crippen LogP contribution in [-0.4, -0.2) is 57.7 Å². The molecule has 1 amide bonds. The van der Waals surface area contributed by atoms with E-state index in [2.05, 4.69) is 65.4 Å². The Kier molecular flexibility index (Phi) is 5.95. The minimum Gasteiger partial charge on any atom is -0.374 e. The zero-order valence-electron chi connectivity index (χ0n) is 19.4. The van der Waals surface area contributed by atoms with Crippen molar-refractivity contribution in [3.8, 4) is 0 Å². The number of nitrogens with zero attached hydrogens (tertiary/aromatic N) is 3. The summed E-state index contributed by atoms with van der Waals surface area (Å²) in [5, 5.41) is 0. The number of ether oxygens (including phenoxy) is 1. The minimum atomic E-state index is -0.108. The summed E-state index contributed by atoms with van der Waals surface area (Å²) < 4.78 is 5.81. The van der Waals surface area contributed by atoms with Gasteiger partial charge in [0.05, 0.1) is 5.60 Å². The second-order valence-corrected chi connectivity index (χ2v) is 9.70. The molecule has 1 atom stereocenters. The number of anilines is 2. The van der Waals surface area contributed by atoms with Crippen LogP contribution in [-0.2, 0) is 21.6 Å². The summed E-state index contributed by atoms with van der Waals surface area (Å²) in [6, 6.07) is 17.2. The van der Waals surface area contributed by atoms with Crippen molar-refractivity contribution in [2.75, 3.05) is 56.7 Å². The predicted molar refractivity (Wildman–Crippen MR) is 129 cm³/mol. The van der Waals surface area contributed by atoms with Crippen LogP contribution < -0.4 is 9.80 Å². The number of methoxy groups -OCH3 is 1. The summed E-state index contributed by atoms with van der Waals surface area (Å²) >= 11 is 0. The molecule has 3 aliphatic rings. The second kappa shape index (κ2) is 8.87. The Balaban J connectivity index is 1.28. The Labute approximate surface area is 191 Å². The predicted octanol–water partition coefficient (Wildman–Crippen LogP) is 4.06. The number of carbonyl (C=O) groups excluding carboxylic acids is 1. The van der Waals surface area contributed by atoms with E-state index in [4.69, 9.17) is 4.74 Å². The van der Waals surface area contributed by atoms with Crippen molar-refractivity contribution in [3.63, 3.8) is 0 Å².